The van der Waals surface area contributed by atoms with E-state index in [1.165, 1.54) is 83.5 Å². The first kappa shape index (κ1) is 35.4. The van der Waals surface area contributed by atoms with Crippen LogP contribution < -0.4 is 9.47 Å². The molecule has 3 aromatic rings. The van der Waals surface area contributed by atoms with Crippen molar-refractivity contribution in [2.24, 2.45) is 0 Å². The Morgan fingerprint density at radius 1 is 0.545 bits per heavy atom. The number of rotatable bonds is 23. The van der Waals surface area contributed by atoms with Crippen molar-refractivity contribution in [1.29, 1.82) is 0 Å². The molecule has 0 aliphatic rings. The molecule has 3 rings (SSSR count). The van der Waals surface area contributed by atoms with Crippen LogP contribution in [-0.4, -0.2) is 19.2 Å². The minimum absolute atomic E-state index is 0.0166. The zero-order valence-corrected chi connectivity index (χ0v) is 27.7. The lowest BCUT2D eigenvalue weighted by Crippen LogP contribution is -2.08. The highest BCUT2D eigenvalue weighted by Gasteiger charge is 2.11. The molecule has 44 heavy (non-hydrogen) atoms. The standard InChI is InChI=1S/C40H56O4/c1-4-6-8-10-12-14-16-18-32-43-38-27-25-36(26-28-38)35-19-21-37(22-20-35)40(41)44-39-29-23-34(24-30-39)33(3)42-31-17-15-13-11-9-7-5-2/h19-30,33H,4-18,31-32H2,1-3H3. The van der Waals surface area contributed by atoms with Crippen LogP contribution in [-0.2, 0) is 4.74 Å². The molecule has 240 valence electrons. The molecule has 0 heterocycles. The van der Waals surface area contributed by atoms with Crippen LogP contribution >= 0.6 is 0 Å². The molecule has 0 amide bonds. The van der Waals surface area contributed by atoms with Crippen molar-refractivity contribution in [3.63, 3.8) is 0 Å². The maximum atomic E-state index is 12.8. The minimum Gasteiger partial charge on any atom is -0.494 e. The van der Waals surface area contributed by atoms with Gasteiger partial charge in [0, 0.05) is 6.61 Å². The van der Waals surface area contributed by atoms with Gasteiger partial charge in [-0.05, 0) is 72.9 Å². The second kappa shape index (κ2) is 21.6. The van der Waals surface area contributed by atoms with Crippen molar-refractivity contribution in [1.82, 2.24) is 0 Å². The Bertz CT molecular complexity index is 1150. The topological polar surface area (TPSA) is 44.8 Å². The number of hydrogen-bond donors (Lipinski definition) is 0. The van der Waals surface area contributed by atoms with Crippen LogP contribution in [0.1, 0.15) is 139 Å². The summed E-state index contributed by atoms with van der Waals surface area (Å²) >= 11 is 0. The fraction of sp³-hybridized carbons (Fsp3) is 0.525. The van der Waals surface area contributed by atoms with E-state index in [9.17, 15) is 4.79 Å². The molecule has 4 heteroatoms. The van der Waals surface area contributed by atoms with Crippen molar-refractivity contribution >= 4 is 5.97 Å². The highest BCUT2D eigenvalue weighted by Crippen LogP contribution is 2.25. The van der Waals surface area contributed by atoms with E-state index in [1.807, 2.05) is 60.7 Å². The van der Waals surface area contributed by atoms with Gasteiger partial charge >= 0.3 is 5.97 Å². The highest BCUT2D eigenvalue weighted by atomic mass is 16.5. The third-order valence-corrected chi connectivity index (χ3v) is 8.25. The molecule has 3 aromatic carbocycles. The first-order valence-electron chi connectivity index (χ1n) is 17.4. The maximum Gasteiger partial charge on any atom is 0.343 e. The van der Waals surface area contributed by atoms with E-state index in [-0.39, 0.29) is 12.1 Å². The lowest BCUT2D eigenvalue weighted by Gasteiger charge is -2.14. The Balaban J connectivity index is 1.36. The van der Waals surface area contributed by atoms with Gasteiger partial charge in [-0.2, -0.15) is 0 Å². The molecule has 0 aliphatic carbocycles. The highest BCUT2D eigenvalue weighted by molar-refractivity contribution is 5.91. The van der Waals surface area contributed by atoms with Gasteiger partial charge in [0.25, 0.3) is 0 Å². The van der Waals surface area contributed by atoms with E-state index in [0.717, 1.165) is 48.5 Å². The summed E-state index contributed by atoms with van der Waals surface area (Å²) in [5.74, 6) is 1.07. The summed E-state index contributed by atoms with van der Waals surface area (Å²) in [5.41, 5.74) is 3.74. The molecule has 0 aromatic heterocycles. The van der Waals surface area contributed by atoms with Crippen molar-refractivity contribution in [3.05, 3.63) is 83.9 Å². The minimum atomic E-state index is -0.364. The van der Waals surface area contributed by atoms with Crippen LogP contribution in [0.15, 0.2) is 72.8 Å². The van der Waals surface area contributed by atoms with Gasteiger partial charge in [0.15, 0.2) is 0 Å². The molecule has 0 saturated heterocycles. The van der Waals surface area contributed by atoms with E-state index < -0.39 is 0 Å². The smallest absolute Gasteiger partial charge is 0.343 e. The van der Waals surface area contributed by atoms with Gasteiger partial charge in [0.1, 0.15) is 11.5 Å². The van der Waals surface area contributed by atoms with E-state index in [4.69, 9.17) is 14.2 Å². The monoisotopic (exact) mass is 600 g/mol. The van der Waals surface area contributed by atoms with E-state index in [1.54, 1.807) is 0 Å². The van der Waals surface area contributed by atoms with E-state index in [2.05, 4.69) is 32.9 Å². The first-order valence-corrected chi connectivity index (χ1v) is 17.4. The number of esters is 1. The van der Waals surface area contributed by atoms with Crippen molar-refractivity contribution < 1.29 is 19.0 Å². The number of carbonyl (C=O) groups excluding carboxylic acids is 1. The van der Waals surface area contributed by atoms with Gasteiger partial charge in [0.05, 0.1) is 18.3 Å². The van der Waals surface area contributed by atoms with Crippen molar-refractivity contribution in [2.45, 2.75) is 123 Å². The Labute approximate surface area is 267 Å². The first-order chi connectivity index (χ1) is 21.6. The maximum absolute atomic E-state index is 12.8. The van der Waals surface area contributed by atoms with Gasteiger partial charge in [0.2, 0.25) is 0 Å². The summed E-state index contributed by atoms with van der Waals surface area (Å²) in [6.45, 7) is 8.12. The summed E-state index contributed by atoms with van der Waals surface area (Å²) in [5, 5.41) is 0. The molecular formula is C40H56O4. The molecule has 4 nitrogen and oxygen atoms in total. The van der Waals surface area contributed by atoms with Crippen LogP contribution in [0.5, 0.6) is 11.5 Å². The molecule has 0 bridgehead atoms. The fourth-order valence-corrected chi connectivity index (χ4v) is 5.36. The molecule has 1 unspecified atom stereocenters. The summed E-state index contributed by atoms with van der Waals surface area (Å²) in [7, 11) is 0. The number of unbranched alkanes of at least 4 members (excludes halogenated alkanes) is 13. The molecule has 0 N–H and O–H groups in total. The van der Waals surface area contributed by atoms with Gasteiger partial charge in [-0.25, -0.2) is 4.79 Å². The SMILES string of the molecule is CCCCCCCCCCOc1ccc(-c2ccc(C(=O)Oc3ccc(C(C)OCCCCCCCCC)cc3)cc2)cc1. The zero-order chi connectivity index (χ0) is 31.2. The van der Waals surface area contributed by atoms with E-state index in [0.29, 0.717) is 11.3 Å². The Hall–Kier alpha value is -3.11. The largest absolute Gasteiger partial charge is 0.494 e. The van der Waals surface area contributed by atoms with Crippen molar-refractivity contribution in [2.75, 3.05) is 13.2 Å². The Morgan fingerprint density at radius 2 is 1.00 bits per heavy atom. The Morgan fingerprint density at radius 3 is 1.55 bits per heavy atom. The third kappa shape index (κ3) is 13.7. The second-order valence-electron chi connectivity index (χ2n) is 12.0. The molecule has 0 spiro atoms. The molecular weight excluding hydrogens is 544 g/mol. The molecule has 1 atom stereocenters. The summed E-state index contributed by atoms with van der Waals surface area (Å²) in [6, 6.07) is 23.4. The summed E-state index contributed by atoms with van der Waals surface area (Å²) < 4.78 is 17.6. The van der Waals surface area contributed by atoms with Crippen LogP contribution in [0.25, 0.3) is 11.1 Å². The lowest BCUT2D eigenvalue weighted by molar-refractivity contribution is 0.0627. The van der Waals surface area contributed by atoms with Gasteiger partial charge in [-0.15, -0.1) is 0 Å². The van der Waals surface area contributed by atoms with Crippen LogP contribution in [0, 0.1) is 0 Å². The van der Waals surface area contributed by atoms with Crippen molar-refractivity contribution in [3.8, 4) is 22.6 Å². The summed E-state index contributed by atoms with van der Waals surface area (Å²) in [6.07, 6.45) is 19.3. The van der Waals surface area contributed by atoms with Crippen LogP contribution in [0.2, 0.25) is 0 Å². The lowest BCUT2D eigenvalue weighted by atomic mass is 10.0. The zero-order valence-electron chi connectivity index (χ0n) is 27.7. The quantitative estimate of drug-likeness (QED) is 0.0617. The second-order valence-corrected chi connectivity index (χ2v) is 12.0. The predicted octanol–water partition coefficient (Wildman–Crippen LogP) is 11.9. The number of ether oxygens (including phenoxy) is 3. The fourth-order valence-electron chi connectivity index (χ4n) is 5.36. The number of hydrogen-bond acceptors (Lipinski definition) is 4. The predicted molar refractivity (Wildman–Crippen MR) is 184 cm³/mol. The average Bonchev–Trinajstić information content (AvgIpc) is 3.06. The Kier molecular flexibility index (Phi) is 17.3. The van der Waals surface area contributed by atoms with Gasteiger partial charge in [-0.1, -0.05) is 134 Å². The molecule has 0 fully saturated rings. The third-order valence-electron chi connectivity index (χ3n) is 8.25. The van der Waals surface area contributed by atoms with Gasteiger partial charge in [-0.3, -0.25) is 0 Å². The number of carbonyl (C=O) groups is 1. The molecule has 0 radical (unpaired) electrons. The summed E-state index contributed by atoms with van der Waals surface area (Å²) in [4.78, 5) is 12.8. The van der Waals surface area contributed by atoms with Gasteiger partial charge < -0.3 is 14.2 Å². The normalized spacial score (nSPS) is 11.8. The molecule has 0 aliphatic heterocycles. The number of benzene rings is 3. The average molecular weight is 601 g/mol. The van der Waals surface area contributed by atoms with Crippen LogP contribution in [0.3, 0.4) is 0 Å². The van der Waals surface area contributed by atoms with Crippen LogP contribution in [0.4, 0.5) is 0 Å². The van der Waals surface area contributed by atoms with E-state index >= 15 is 0 Å². The molecule has 0 saturated carbocycles.